The number of aromatic carboxylic acids is 1. The summed E-state index contributed by atoms with van der Waals surface area (Å²) >= 11 is 0. The zero-order chi connectivity index (χ0) is 12.1. The number of rotatable bonds is 3. The maximum Gasteiger partial charge on any atom is 0.336 e. The minimum atomic E-state index is -1.29. The van der Waals surface area contributed by atoms with Gasteiger partial charge in [-0.05, 0) is 12.1 Å². The molecule has 7 heteroatoms. The molecule has 0 saturated heterocycles. The summed E-state index contributed by atoms with van der Waals surface area (Å²) in [6.45, 7) is 0. The standard InChI is InChI=1S/C9H8FN3O3/c10-7-3-1-2-5(8(14)15)6(7)4-12-13-9(11)16/h1-4H,(H,14,15)(H3,11,13,16). The van der Waals surface area contributed by atoms with Gasteiger partial charge in [0.25, 0.3) is 0 Å². The molecule has 0 bridgehead atoms. The molecule has 16 heavy (non-hydrogen) atoms. The fourth-order valence-electron chi connectivity index (χ4n) is 1.02. The van der Waals surface area contributed by atoms with E-state index >= 15 is 0 Å². The maximum atomic E-state index is 13.2. The Hall–Kier alpha value is -2.44. The molecule has 1 aromatic carbocycles. The molecule has 0 radical (unpaired) electrons. The van der Waals surface area contributed by atoms with Crippen LogP contribution in [-0.2, 0) is 0 Å². The highest BCUT2D eigenvalue weighted by atomic mass is 19.1. The molecule has 4 N–H and O–H groups in total. The van der Waals surface area contributed by atoms with Gasteiger partial charge in [-0.1, -0.05) is 6.07 Å². The van der Waals surface area contributed by atoms with Crippen molar-refractivity contribution >= 4 is 18.2 Å². The SMILES string of the molecule is NC(=O)NN=Cc1c(F)cccc1C(=O)O. The number of hydrogen-bond acceptors (Lipinski definition) is 3. The number of hydrogen-bond donors (Lipinski definition) is 3. The van der Waals surface area contributed by atoms with Crippen LogP contribution in [0.4, 0.5) is 9.18 Å². The zero-order valence-corrected chi connectivity index (χ0v) is 7.98. The molecule has 0 atom stereocenters. The van der Waals surface area contributed by atoms with Crippen molar-refractivity contribution in [3.63, 3.8) is 0 Å². The second-order valence-corrected chi connectivity index (χ2v) is 2.74. The predicted molar refractivity (Wildman–Crippen MR) is 53.7 cm³/mol. The van der Waals surface area contributed by atoms with Crippen molar-refractivity contribution in [2.75, 3.05) is 0 Å². The first-order valence-corrected chi connectivity index (χ1v) is 4.12. The van der Waals surface area contributed by atoms with Gasteiger partial charge < -0.3 is 10.8 Å². The number of carboxylic acids is 1. The largest absolute Gasteiger partial charge is 0.478 e. The summed E-state index contributed by atoms with van der Waals surface area (Å²) in [5.41, 5.74) is 6.07. The smallest absolute Gasteiger partial charge is 0.336 e. The number of amides is 2. The number of nitrogens with zero attached hydrogens (tertiary/aromatic N) is 1. The van der Waals surface area contributed by atoms with Gasteiger partial charge in [-0.15, -0.1) is 0 Å². The van der Waals surface area contributed by atoms with Gasteiger partial charge in [0.2, 0.25) is 0 Å². The predicted octanol–water partition coefficient (Wildman–Crippen LogP) is 0.526. The minimum Gasteiger partial charge on any atom is -0.478 e. The highest BCUT2D eigenvalue weighted by molar-refractivity contribution is 5.98. The lowest BCUT2D eigenvalue weighted by atomic mass is 10.1. The van der Waals surface area contributed by atoms with Gasteiger partial charge in [-0.2, -0.15) is 5.10 Å². The van der Waals surface area contributed by atoms with Crippen molar-refractivity contribution in [1.82, 2.24) is 5.43 Å². The van der Waals surface area contributed by atoms with Crippen LogP contribution < -0.4 is 11.2 Å². The monoisotopic (exact) mass is 225 g/mol. The lowest BCUT2D eigenvalue weighted by Crippen LogP contribution is -2.24. The summed E-state index contributed by atoms with van der Waals surface area (Å²) in [6.07, 6.45) is 0.879. The van der Waals surface area contributed by atoms with E-state index in [0.29, 0.717) is 0 Å². The number of halogens is 1. The maximum absolute atomic E-state index is 13.2. The Bertz CT molecular complexity index is 459. The van der Waals surface area contributed by atoms with Gasteiger partial charge in [0, 0.05) is 5.56 Å². The third-order valence-corrected chi connectivity index (χ3v) is 1.65. The lowest BCUT2D eigenvalue weighted by molar-refractivity contribution is 0.0696. The molecule has 0 heterocycles. The second-order valence-electron chi connectivity index (χ2n) is 2.74. The van der Waals surface area contributed by atoms with Crippen LogP contribution in [0, 0.1) is 5.82 Å². The van der Waals surface area contributed by atoms with Crippen LogP contribution in [0.3, 0.4) is 0 Å². The number of primary amides is 1. The molecule has 1 rings (SSSR count). The number of carboxylic acid groups (broad SMARTS) is 1. The van der Waals surface area contributed by atoms with Gasteiger partial charge in [0.1, 0.15) is 5.82 Å². The topological polar surface area (TPSA) is 105 Å². The van der Waals surface area contributed by atoms with Crippen LogP contribution in [0.15, 0.2) is 23.3 Å². The molecule has 6 nitrogen and oxygen atoms in total. The summed E-state index contributed by atoms with van der Waals surface area (Å²) in [5, 5.41) is 12.1. The van der Waals surface area contributed by atoms with E-state index in [-0.39, 0.29) is 11.1 Å². The van der Waals surface area contributed by atoms with Crippen LogP contribution in [0.5, 0.6) is 0 Å². The number of nitrogens with one attached hydrogen (secondary N) is 1. The molecule has 0 spiro atoms. The molecule has 0 fully saturated rings. The van der Waals surface area contributed by atoms with Crippen LogP contribution in [-0.4, -0.2) is 23.3 Å². The number of nitrogens with two attached hydrogens (primary N) is 1. The highest BCUT2D eigenvalue weighted by Gasteiger charge is 2.11. The van der Waals surface area contributed by atoms with E-state index in [1.165, 1.54) is 12.1 Å². The minimum absolute atomic E-state index is 0.233. The molecule has 2 amide bonds. The molecule has 0 aliphatic rings. The lowest BCUT2D eigenvalue weighted by Gasteiger charge is -2.01. The normalized spacial score (nSPS) is 10.3. The first kappa shape index (κ1) is 11.6. The van der Waals surface area contributed by atoms with Crippen LogP contribution in [0.25, 0.3) is 0 Å². The van der Waals surface area contributed by atoms with Gasteiger partial charge >= 0.3 is 12.0 Å². The number of carbonyl (C=O) groups excluding carboxylic acids is 1. The Morgan fingerprint density at radius 1 is 1.50 bits per heavy atom. The zero-order valence-electron chi connectivity index (χ0n) is 7.98. The van der Waals surface area contributed by atoms with Crippen molar-refractivity contribution in [3.8, 4) is 0 Å². The fourth-order valence-corrected chi connectivity index (χ4v) is 1.02. The van der Waals surface area contributed by atoms with E-state index in [1.807, 2.05) is 5.43 Å². The molecule has 84 valence electrons. The Kier molecular flexibility index (Phi) is 3.54. The van der Waals surface area contributed by atoms with E-state index in [2.05, 4.69) is 5.10 Å². The van der Waals surface area contributed by atoms with Crippen LogP contribution in [0.1, 0.15) is 15.9 Å². The van der Waals surface area contributed by atoms with Crippen molar-refractivity contribution in [3.05, 3.63) is 35.1 Å². The van der Waals surface area contributed by atoms with E-state index in [0.717, 1.165) is 12.3 Å². The summed E-state index contributed by atoms with van der Waals surface area (Å²) in [7, 11) is 0. The first-order valence-electron chi connectivity index (χ1n) is 4.12. The average molecular weight is 225 g/mol. The summed E-state index contributed by atoms with van der Waals surface area (Å²) in [6, 6.07) is 2.64. The summed E-state index contributed by atoms with van der Waals surface area (Å²) < 4.78 is 13.2. The molecular weight excluding hydrogens is 217 g/mol. The van der Waals surface area contributed by atoms with Crippen LogP contribution in [0.2, 0.25) is 0 Å². The third-order valence-electron chi connectivity index (χ3n) is 1.65. The second kappa shape index (κ2) is 4.87. The third kappa shape index (κ3) is 2.77. The molecule has 0 unspecified atom stereocenters. The Labute approximate surface area is 89.6 Å². The number of hydrazone groups is 1. The number of benzene rings is 1. The van der Waals surface area contributed by atoms with E-state index in [1.54, 1.807) is 0 Å². The molecule has 0 aliphatic heterocycles. The van der Waals surface area contributed by atoms with Gasteiger partial charge in [0.15, 0.2) is 0 Å². The Morgan fingerprint density at radius 2 is 2.19 bits per heavy atom. The first-order chi connectivity index (χ1) is 7.52. The highest BCUT2D eigenvalue weighted by Crippen LogP contribution is 2.11. The molecule has 0 aliphatic carbocycles. The van der Waals surface area contributed by atoms with Gasteiger partial charge in [0.05, 0.1) is 11.8 Å². The molecule has 0 saturated carbocycles. The quantitative estimate of drug-likeness (QED) is 0.516. The van der Waals surface area contributed by atoms with E-state index in [4.69, 9.17) is 10.8 Å². The van der Waals surface area contributed by atoms with E-state index < -0.39 is 17.8 Å². The van der Waals surface area contributed by atoms with Crippen molar-refractivity contribution in [2.24, 2.45) is 10.8 Å². The van der Waals surface area contributed by atoms with E-state index in [9.17, 15) is 14.0 Å². The average Bonchev–Trinajstić information content (AvgIpc) is 2.19. The Balaban J connectivity index is 3.06. The molecular formula is C9H8FN3O3. The van der Waals surface area contributed by atoms with Gasteiger partial charge in [-0.3, -0.25) is 0 Å². The van der Waals surface area contributed by atoms with Crippen molar-refractivity contribution in [1.29, 1.82) is 0 Å². The van der Waals surface area contributed by atoms with Gasteiger partial charge in [-0.25, -0.2) is 19.4 Å². The number of carbonyl (C=O) groups is 2. The fraction of sp³-hybridized carbons (Fsp3) is 0. The Morgan fingerprint density at radius 3 is 2.75 bits per heavy atom. The summed E-state index contributed by atoms with van der Waals surface area (Å²) in [4.78, 5) is 21.0. The molecule has 0 aromatic heterocycles. The van der Waals surface area contributed by atoms with Crippen molar-refractivity contribution < 1.29 is 19.1 Å². The van der Waals surface area contributed by atoms with Crippen LogP contribution >= 0.6 is 0 Å². The number of urea groups is 1. The van der Waals surface area contributed by atoms with Crippen molar-refractivity contribution in [2.45, 2.75) is 0 Å². The summed E-state index contributed by atoms with van der Waals surface area (Å²) in [5.74, 6) is -2.05. The molecule has 1 aromatic rings.